The van der Waals surface area contributed by atoms with Crippen molar-refractivity contribution in [2.45, 2.75) is 43.7 Å². The molecule has 7 atom stereocenters. The van der Waals surface area contributed by atoms with Crippen molar-refractivity contribution in [1.82, 2.24) is 0 Å². The number of hydrogen-bond donors (Lipinski definition) is 2. The molecule has 0 aromatic carbocycles. The summed E-state index contributed by atoms with van der Waals surface area (Å²) in [5.74, 6) is -2.99. The summed E-state index contributed by atoms with van der Waals surface area (Å²) in [5.41, 5.74) is -0.495. The molecule has 1 aliphatic heterocycles. The molecule has 2 N–H and O–H groups in total. The summed E-state index contributed by atoms with van der Waals surface area (Å²) in [4.78, 5) is 24.3. The van der Waals surface area contributed by atoms with E-state index in [0.717, 1.165) is 0 Å². The van der Waals surface area contributed by atoms with Crippen LogP contribution >= 0.6 is 11.6 Å². The summed E-state index contributed by atoms with van der Waals surface area (Å²) >= 11 is 5.99. The summed E-state index contributed by atoms with van der Waals surface area (Å²) in [6.45, 7) is 13.0. The standard InChI is InChI=1S/C19H23ClO6/c1-8(2)17(22)25-12-5-9(3)11-6-13(21)19(24,7-20)15(11)16-14(12)10(4)18(23)26-16/h11-16,21,24H,1,3-7H2,2H3/t11-,12+,13-,14-,15+,16+,19+/m1/s1. The maximum Gasteiger partial charge on any atom is 0.334 e. The summed E-state index contributed by atoms with van der Waals surface area (Å²) in [7, 11) is 0. The summed E-state index contributed by atoms with van der Waals surface area (Å²) in [6.07, 6.45) is -2.04. The van der Waals surface area contributed by atoms with Gasteiger partial charge in [-0.15, -0.1) is 11.6 Å². The third-order valence-electron chi connectivity index (χ3n) is 5.89. The molecular weight excluding hydrogens is 360 g/mol. The van der Waals surface area contributed by atoms with Gasteiger partial charge in [-0.05, 0) is 19.3 Å². The predicted molar refractivity (Wildman–Crippen MR) is 94.2 cm³/mol. The first-order valence-electron chi connectivity index (χ1n) is 8.52. The highest BCUT2D eigenvalue weighted by molar-refractivity contribution is 6.18. The van der Waals surface area contributed by atoms with Crippen molar-refractivity contribution in [3.63, 3.8) is 0 Å². The Hall–Kier alpha value is -1.63. The maximum atomic E-state index is 12.2. The number of halogens is 1. The molecule has 26 heavy (non-hydrogen) atoms. The van der Waals surface area contributed by atoms with E-state index in [1.165, 1.54) is 6.92 Å². The Morgan fingerprint density at radius 1 is 1.46 bits per heavy atom. The maximum absolute atomic E-state index is 12.2. The number of carbonyl (C=O) groups is 2. The molecule has 0 aromatic heterocycles. The monoisotopic (exact) mass is 382 g/mol. The number of aliphatic hydroxyl groups is 2. The number of esters is 2. The highest BCUT2D eigenvalue weighted by Gasteiger charge is 2.64. The number of fused-ring (bicyclic) bond motifs is 3. The second-order valence-corrected chi connectivity index (χ2v) is 7.78. The Balaban J connectivity index is 2.04. The van der Waals surface area contributed by atoms with Crippen LogP contribution in [0.3, 0.4) is 0 Å². The number of aliphatic hydroxyl groups excluding tert-OH is 1. The molecule has 0 amide bonds. The number of rotatable bonds is 3. The van der Waals surface area contributed by atoms with Crippen molar-refractivity contribution in [2.24, 2.45) is 17.8 Å². The van der Waals surface area contributed by atoms with E-state index in [4.69, 9.17) is 21.1 Å². The van der Waals surface area contributed by atoms with E-state index >= 15 is 0 Å². The van der Waals surface area contributed by atoms with Crippen LogP contribution < -0.4 is 0 Å². The lowest BCUT2D eigenvalue weighted by Crippen LogP contribution is -2.52. The quantitative estimate of drug-likeness (QED) is 0.332. The Kier molecular flexibility index (Phi) is 4.80. The zero-order valence-electron chi connectivity index (χ0n) is 14.6. The van der Waals surface area contributed by atoms with Crippen molar-refractivity contribution >= 4 is 23.5 Å². The fourth-order valence-electron chi connectivity index (χ4n) is 4.50. The van der Waals surface area contributed by atoms with Crippen LogP contribution in [0.5, 0.6) is 0 Å². The third kappa shape index (κ3) is 2.71. The Morgan fingerprint density at radius 2 is 2.12 bits per heavy atom. The van der Waals surface area contributed by atoms with E-state index < -0.39 is 47.7 Å². The molecule has 0 bridgehead atoms. The summed E-state index contributed by atoms with van der Waals surface area (Å²) in [5, 5.41) is 21.4. The van der Waals surface area contributed by atoms with Crippen molar-refractivity contribution in [3.05, 3.63) is 36.5 Å². The van der Waals surface area contributed by atoms with Gasteiger partial charge in [0, 0.05) is 23.5 Å². The molecule has 1 saturated heterocycles. The first kappa shape index (κ1) is 19.1. The Morgan fingerprint density at radius 3 is 2.69 bits per heavy atom. The fraction of sp³-hybridized carbons (Fsp3) is 0.579. The van der Waals surface area contributed by atoms with E-state index in [2.05, 4.69) is 19.7 Å². The van der Waals surface area contributed by atoms with Crippen LogP contribution in [0.25, 0.3) is 0 Å². The SMILES string of the molecule is C=C(C)C(=O)O[C@H]1CC(=C)[C@H]2C[C@@H](O)[C@@](O)(CCl)[C@@H]2[C@H]2OC(=O)C(=C)[C@@H]21. The molecule has 2 saturated carbocycles. The molecule has 1 heterocycles. The summed E-state index contributed by atoms with van der Waals surface area (Å²) < 4.78 is 11.1. The van der Waals surface area contributed by atoms with Gasteiger partial charge in [0.05, 0.1) is 17.9 Å². The third-order valence-corrected chi connectivity index (χ3v) is 6.32. The van der Waals surface area contributed by atoms with E-state index in [9.17, 15) is 19.8 Å². The van der Waals surface area contributed by atoms with Crippen molar-refractivity contribution < 1.29 is 29.3 Å². The number of alkyl halides is 1. The predicted octanol–water partition coefficient (Wildman–Crippen LogP) is 1.50. The van der Waals surface area contributed by atoms with Crippen LogP contribution in [0.2, 0.25) is 0 Å². The van der Waals surface area contributed by atoms with Crippen LogP contribution in [0, 0.1) is 17.8 Å². The molecule has 0 unspecified atom stereocenters. The van der Waals surface area contributed by atoms with Crippen molar-refractivity contribution in [1.29, 1.82) is 0 Å². The normalized spacial score (nSPS) is 41.9. The average Bonchev–Trinajstić information content (AvgIpc) is 2.97. The second-order valence-electron chi connectivity index (χ2n) is 7.52. The lowest BCUT2D eigenvalue weighted by molar-refractivity contribution is -0.155. The number of ether oxygens (including phenoxy) is 2. The highest BCUT2D eigenvalue weighted by atomic mass is 35.5. The van der Waals surface area contributed by atoms with Crippen molar-refractivity contribution in [2.75, 3.05) is 5.88 Å². The number of hydrogen-bond acceptors (Lipinski definition) is 6. The minimum absolute atomic E-state index is 0.182. The van der Waals surface area contributed by atoms with Crippen LogP contribution in [0.15, 0.2) is 36.5 Å². The molecular formula is C19H23ClO6. The largest absolute Gasteiger partial charge is 0.458 e. The molecule has 3 aliphatic rings. The minimum atomic E-state index is -1.63. The van der Waals surface area contributed by atoms with Gasteiger partial charge in [-0.3, -0.25) is 0 Å². The van der Waals surface area contributed by atoms with Crippen LogP contribution in [-0.2, 0) is 19.1 Å². The van der Waals surface area contributed by atoms with E-state index in [1.54, 1.807) is 0 Å². The molecule has 0 spiro atoms. The van der Waals surface area contributed by atoms with Gasteiger partial charge >= 0.3 is 11.9 Å². The molecule has 0 aromatic rings. The highest BCUT2D eigenvalue weighted by Crippen LogP contribution is 2.55. The van der Waals surface area contributed by atoms with Gasteiger partial charge in [0.15, 0.2) is 0 Å². The molecule has 7 heteroatoms. The van der Waals surface area contributed by atoms with Crippen LogP contribution in [0.1, 0.15) is 19.8 Å². The summed E-state index contributed by atoms with van der Waals surface area (Å²) in [6, 6.07) is 0. The lowest BCUT2D eigenvalue weighted by Gasteiger charge is -2.37. The molecule has 0 radical (unpaired) electrons. The smallest absolute Gasteiger partial charge is 0.334 e. The van der Waals surface area contributed by atoms with E-state index in [1.807, 2.05) is 0 Å². The first-order chi connectivity index (χ1) is 12.1. The van der Waals surface area contributed by atoms with Gasteiger partial charge < -0.3 is 19.7 Å². The minimum Gasteiger partial charge on any atom is -0.458 e. The van der Waals surface area contributed by atoms with Gasteiger partial charge in [-0.25, -0.2) is 9.59 Å². The lowest BCUT2D eigenvalue weighted by atomic mass is 9.76. The Bertz CT molecular complexity index is 700. The molecule has 3 rings (SSSR count). The fourth-order valence-corrected chi connectivity index (χ4v) is 4.86. The van der Waals surface area contributed by atoms with Gasteiger partial charge in [-0.2, -0.15) is 0 Å². The van der Waals surface area contributed by atoms with Gasteiger partial charge in [0.2, 0.25) is 0 Å². The zero-order chi connectivity index (χ0) is 19.4. The topological polar surface area (TPSA) is 93.1 Å². The second kappa shape index (κ2) is 6.51. The molecule has 2 aliphatic carbocycles. The number of carbonyl (C=O) groups excluding carboxylic acids is 2. The molecule has 142 valence electrons. The van der Waals surface area contributed by atoms with Gasteiger partial charge in [0.1, 0.15) is 17.8 Å². The van der Waals surface area contributed by atoms with E-state index in [0.29, 0.717) is 5.57 Å². The van der Waals surface area contributed by atoms with Crippen LogP contribution in [0.4, 0.5) is 0 Å². The Labute approximate surface area is 157 Å². The first-order valence-corrected chi connectivity index (χ1v) is 9.05. The molecule has 6 nitrogen and oxygen atoms in total. The average molecular weight is 383 g/mol. The van der Waals surface area contributed by atoms with Gasteiger partial charge in [0.25, 0.3) is 0 Å². The zero-order valence-corrected chi connectivity index (χ0v) is 15.4. The van der Waals surface area contributed by atoms with Crippen molar-refractivity contribution in [3.8, 4) is 0 Å². The van der Waals surface area contributed by atoms with E-state index in [-0.39, 0.29) is 35.8 Å². The van der Waals surface area contributed by atoms with Gasteiger partial charge in [-0.1, -0.05) is 25.3 Å². The molecule has 3 fully saturated rings. The van der Waals surface area contributed by atoms with Crippen LogP contribution in [-0.4, -0.2) is 51.9 Å².